The second-order valence-corrected chi connectivity index (χ2v) is 4.95. The number of amides is 1. The summed E-state index contributed by atoms with van der Waals surface area (Å²) < 4.78 is 34.3. The first-order chi connectivity index (χ1) is 11.4. The molecule has 0 saturated heterocycles. The molecule has 0 aliphatic rings. The second kappa shape index (κ2) is 7.63. The summed E-state index contributed by atoms with van der Waals surface area (Å²) in [7, 11) is 0. The van der Waals surface area contributed by atoms with Crippen molar-refractivity contribution in [3.8, 4) is 17.2 Å². The highest BCUT2D eigenvalue weighted by molar-refractivity contribution is 6.05. The zero-order valence-electron chi connectivity index (χ0n) is 13.2. The number of hydrogen-bond donors (Lipinski definition) is 2. The SMILES string of the molecule is CCOc1cc(C(=O)Nc2ccc(C)cc2O)ccc1OC(F)F. The molecule has 2 N–H and O–H groups in total. The summed E-state index contributed by atoms with van der Waals surface area (Å²) >= 11 is 0. The molecular formula is C17H17F2NO4. The Bertz CT molecular complexity index is 735. The van der Waals surface area contributed by atoms with Crippen LogP contribution in [0.25, 0.3) is 0 Å². The molecule has 7 heteroatoms. The van der Waals surface area contributed by atoms with Gasteiger partial charge in [-0.15, -0.1) is 0 Å². The minimum Gasteiger partial charge on any atom is -0.506 e. The van der Waals surface area contributed by atoms with Crippen LogP contribution in [0.5, 0.6) is 17.2 Å². The number of hydrogen-bond acceptors (Lipinski definition) is 4. The molecule has 0 aliphatic heterocycles. The number of nitrogens with one attached hydrogen (secondary N) is 1. The molecule has 0 spiro atoms. The van der Waals surface area contributed by atoms with Gasteiger partial charge in [-0.3, -0.25) is 4.79 Å². The van der Waals surface area contributed by atoms with E-state index in [-0.39, 0.29) is 35.1 Å². The molecular weight excluding hydrogens is 320 g/mol. The molecule has 0 atom stereocenters. The van der Waals surface area contributed by atoms with E-state index in [9.17, 15) is 18.7 Å². The van der Waals surface area contributed by atoms with Crippen molar-refractivity contribution in [3.05, 3.63) is 47.5 Å². The summed E-state index contributed by atoms with van der Waals surface area (Å²) in [6.07, 6.45) is 0. The predicted molar refractivity (Wildman–Crippen MR) is 85.0 cm³/mol. The maximum atomic E-state index is 12.4. The number of carbonyl (C=O) groups is 1. The van der Waals surface area contributed by atoms with Gasteiger partial charge in [0.1, 0.15) is 5.75 Å². The summed E-state index contributed by atoms with van der Waals surface area (Å²) in [4.78, 5) is 12.3. The average Bonchev–Trinajstić information content (AvgIpc) is 2.51. The van der Waals surface area contributed by atoms with E-state index in [4.69, 9.17) is 4.74 Å². The largest absolute Gasteiger partial charge is 0.506 e. The van der Waals surface area contributed by atoms with Crippen molar-refractivity contribution in [2.75, 3.05) is 11.9 Å². The molecule has 0 saturated carbocycles. The fourth-order valence-electron chi connectivity index (χ4n) is 2.05. The van der Waals surface area contributed by atoms with E-state index in [0.29, 0.717) is 0 Å². The lowest BCUT2D eigenvalue weighted by Gasteiger charge is -2.13. The molecule has 5 nitrogen and oxygen atoms in total. The Labute approximate surface area is 137 Å². The molecule has 0 heterocycles. The van der Waals surface area contributed by atoms with Gasteiger partial charge in [-0.1, -0.05) is 6.07 Å². The van der Waals surface area contributed by atoms with Gasteiger partial charge < -0.3 is 19.9 Å². The van der Waals surface area contributed by atoms with Gasteiger partial charge in [0.25, 0.3) is 5.91 Å². The Morgan fingerprint density at radius 1 is 1.21 bits per heavy atom. The van der Waals surface area contributed by atoms with Crippen LogP contribution in [0.4, 0.5) is 14.5 Å². The van der Waals surface area contributed by atoms with Crippen molar-refractivity contribution in [1.29, 1.82) is 0 Å². The number of anilines is 1. The molecule has 0 bridgehead atoms. The van der Waals surface area contributed by atoms with E-state index in [1.54, 1.807) is 26.0 Å². The summed E-state index contributed by atoms with van der Waals surface area (Å²) in [5, 5.41) is 12.4. The lowest BCUT2D eigenvalue weighted by atomic mass is 10.1. The van der Waals surface area contributed by atoms with Gasteiger partial charge in [-0.25, -0.2) is 0 Å². The lowest BCUT2D eigenvalue weighted by molar-refractivity contribution is -0.0514. The molecule has 24 heavy (non-hydrogen) atoms. The van der Waals surface area contributed by atoms with Crippen LogP contribution in [0.1, 0.15) is 22.8 Å². The maximum Gasteiger partial charge on any atom is 0.387 e. The van der Waals surface area contributed by atoms with Crippen molar-refractivity contribution in [1.82, 2.24) is 0 Å². The van der Waals surface area contributed by atoms with Gasteiger partial charge in [0.05, 0.1) is 12.3 Å². The van der Waals surface area contributed by atoms with Gasteiger partial charge >= 0.3 is 6.61 Å². The Balaban J connectivity index is 2.23. The van der Waals surface area contributed by atoms with Crippen LogP contribution < -0.4 is 14.8 Å². The van der Waals surface area contributed by atoms with Crippen LogP contribution in [0.2, 0.25) is 0 Å². The molecule has 0 radical (unpaired) electrons. The fraction of sp³-hybridized carbons (Fsp3) is 0.235. The highest BCUT2D eigenvalue weighted by Crippen LogP contribution is 2.31. The molecule has 2 aromatic carbocycles. The number of phenols is 1. The van der Waals surface area contributed by atoms with Crippen LogP contribution in [-0.4, -0.2) is 24.2 Å². The first-order valence-corrected chi connectivity index (χ1v) is 7.23. The number of aryl methyl sites for hydroxylation is 1. The van der Waals surface area contributed by atoms with Crippen LogP contribution in [0, 0.1) is 6.92 Å². The highest BCUT2D eigenvalue weighted by Gasteiger charge is 2.15. The van der Waals surface area contributed by atoms with Crippen LogP contribution in [0.3, 0.4) is 0 Å². The minimum atomic E-state index is -2.99. The van der Waals surface area contributed by atoms with Gasteiger partial charge in [0, 0.05) is 5.56 Å². The van der Waals surface area contributed by atoms with E-state index in [0.717, 1.165) is 5.56 Å². The first-order valence-electron chi connectivity index (χ1n) is 7.23. The highest BCUT2D eigenvalue weighted by atomic mass is 19.3. The lowest BCUT2D eigenvalue weighted by Crippen LogP contribution is -2.13. The fourth-order valence-corrected chi connectivity index (χ4v) is 2.05. The predicted octanol–water partition coefficient (Wildman–Crippen LogP) is 3.95. The smallest absolute Gasteiger partial charge is 0.387 e. The average molecular weight is 337 g/mol. The van der Waals surface area contributed by atoms with E-state index >= 15 is 0 Å². The molecule has 0 unspecified atom stereocenters. The zero-order valence-corrected chi connectivity index (χ0v) is 13.2. The molecule has 0 aliphatic carbocycles. The third-order valence-electron chi connectivity index (χ3n) is 3.12. The van der Waals surface area contributed by atoms with E-state index in [2.05, 4.69) is 10.1 Å². The van der Waals surface area contributed by atoms with Crippen molar-refractivity contribution >= 4 is 11.6 Å². The van der Waals surface area contributed by atoms with Crippen LogP contribution >= 0.6 is 0 Å². The molecule has 128 valence electrons. The Morgan fingerprint density at radius 3 is 2.58 bits per heavy atom. The Morgan fingerprint density at radius 2 is 1.96 bits per heavy atom. The second-order valence-electron chi connectivity index (χ2n) is 4.95. The maximum absolute atomic E-state index is 12.4. The van der Waals surface area contributed by atoms with Crippen molar-refractivity contribution < 1.29 is 28.2 Å². The van der Waals surface area contributed by atoms with Gasteiger partial charge in [0.2, 0.25) is 0 Å². The van der Waals surface area contributed by atoms with E-state index in [1.807, 2.05) is 0 Å². The number of carbonyl (C=O) groups excluding carboxylic acids is 1. The quantitative estimate of drug-likeness (QED) is 0.783. The molecule has 2 aromatic rings. The zero-order chi connectivity index (χ0) is 17.7. The Kier molecular flexibility index (Phi) is 5.57. The number of halogens is 2. The van der Waals surface area contributed by atoms with Crippen LogP contribution in [0.15, 0.2) is 36.4 Å². The van der Waals surface area contributed by atoms with Gasteiger partial charge in [0.15, 0.2) is 11.5 Å². The summed E-state index contributed by atoms with van der Waals surface area (Å²) in [5.41, 5.74) is 1.27. The van der Waals surface area contributed by atoms with Gasteiger partial charge in [-0.2, -0.15) is 8.78 Å². The molecule has 1 amide bonds. The summed E-state index contributed by atoms with van der Waals surface area (Å²) in [6, 6.07) is 8.70. The minimum absolute atomic E-state index is 0.0404. The third kappa shape index (κ3) is 4.34. The van der Waals surface area contributed by atoms with E-state index < -0.39 is 12.5 Å². The number of aromatic hydroxyl groups is 1. The van der Waals surface area contributed by atoms with Crippen molar-refractivity contribution in [3.63, 3.8) is 0 Å². The number of benzene rings is 2. The number of alkyl halides is 2. The third-order valence-corrected chi connectivity index (χ3v) is 3.12. The number of rotatable bonds is 6. The standard InChI is InChI=1S/C17H17F2NO4/c1-3-23-15-9-11(5-7-14(15)24-17(18)19)16(22)20-12-6-4-10(2)8-13(12)21/h4-9,17,21H,3H2,1-2H3,(H,20,22). The normalized spacial score (nSPS) is 10.5. The number of phenolic OH excluding ortho intramolecular Hbond substituents is 1. The Hall–Kier alpha value is -2.83. The summed E-state index contributed by atoms with van der Waals surface area (Å²) in [6.45, 7) is 0.724. The molecule has 0 fully saturated rings. The van der Waals surface area contributed by atoms with Crippen molar-refractivity contribution in [2.45, 2.75) is 20.5 Å². The topological polar surface area (TPSA) is 67.8 Å². The van der Waals surface area contributed by atoms with E-state index in [1.165, 1.54) is 24.3 Å². The molecule has 0 aromatic heterocycles. The monoisotopic (exact) mass is 337 g/mol. The molecule has 2 rings (SSSR count). The number of ether oxygens (including phenoxy) is 2. The summed E-state index contributed by atoms with van der Waals surface area (Å²) in [5.74, 6) is -0.690. The first kappa shape index (κ1) is 17.5. The van der Waals surface area contributed by atoms with Crippen molar-refractivity contribution in [2.24, 2.45) is 0 Å². The van der Waals surface area contributed by atoms with Crippen LogP contribution in [-0.2, 0) is 0 Å². The van der Waals surface area contributed by atoms with Gasteiger partial charge in [-0.05, 0) is 49.7 Å².